The van der Waals surface area contributed by atoms with Crippen molar-refractivity contribution < 1.29 is 9.84 Å². The van der Waals surface area contributed by atoms with Crippen LogP contribution in [0.3, 0.4) is 0 Å². The zero-order chi connectivity index (χ0) is 14.9. The topological polar surface area (TPSA) is 32.7 Å². The minimum Gasteiger partial charge on any atom is -0.387 e. The number of aliphatic hydroxyl groups excluding tert-OH is 1. The third-order valence-corrected chi connectivity index (χ3v) is 4.37. The number of fused-ring (bicyclic) bond motifs is 1. The number of ether oxygens (including phenoxy) is 1. The molecule has 2 aromatic rings. The van der Waals surface area contributed by atoms with Gasteiger partial charge in [-0.3, -0.25) is 4.90 Å². The monoisotopic (exact) mass is 285 g/mol. The molecule has 1 aliphatic heterocycles. The maximum atomic E-state index is 10.6. The molecule has 0 spiro atoms. The van der Waals surface area contributed by atoms with E-state index in [0.717, 1.165) is 25.3 Å². The van der Waals surface area contributed by atoms with Crippen LogP contribution in [0.1, 0.15) is 25.5 Å². The molecule has 1 N–H and O–H groups in total. The van der Waals surface area contributed by atoms with Crippen LogP contribution in [-0.2, 0) is 4.74 Å². The van der Waals surface area contributed by atoms with Gasteiger partial charge < -0.3 is 9.84 Å². The highest BCUT2D eigenvalue weighted by molar-refractivity contribution is 5.83. The summed E-state index contributed by atoms with van der Waals surface area (Å²) < 4.78 is 5.54. The number of hydrogen-bond acceptors (Lipinski definition) is 3. The van der Waals surface area contributed by atoms with E-state index in [2.05, 4.69) is 43.0 Å². The van der Waals surface area contributed by atoms with Gasteiger partial charge in [0, 0.05) is 18.6 Å². The Hall–Kier alpha value is -1.42. The Morgan fingerprint density at radius 3 is 2.71 bits per heavy atom. The lowest BCUT2D eigenvalue weighted by atomic mass is 9.99. The predicted octanol–water partition coefficient (Wildman–Crippen LogP) is 2.98. The summed E-state index contributed by atoms with van der Waals surface area (Å²) in [4.78, 5) is 2.32. The first-order valence-corrected chi connectivity index (χ1v) is 7.56. The van der Waals surface area contributed by atoms with E-state index in [1.807, 2.05) is 18.2 Å². The fourth-order valence-corrected chi connectivity index (χ4v) is 2.96. The lowest BCUT2D eigenvalue weighted by Crippen LogP contribution is -2.54. The highest BCUT2D eigenvalue weighted by Gasteiger charge is 2.31. The van der Waals surface area contributed by atoms with Crippen LogP contribution < -0.4 is 0 Å². The molecule has 3 nitrogen and oxygen atoms in total. The van der Waals surface area contributed by atoms with Crippen molar-refractivity contribution in [2.75, 3.05) is 26.3 Å². The molecule has 112 valence electrons. The first kappa shape index (κ1) is 14.5. The molecule has 1 aliphatic rings. The number of rotatable bonds is 3. The summed E-state index contributed by atoms with van der Waals surface area (Å²) in [5.41, 5.74) is 0.965. The molecule has 3 heteroatoms. The number of benzene rings is 2. The highest BCUT2D eigenvalue weighted by atomic mass is 16.5. The Balaban J connectivity index is 1.78. The second kappa shape index (κ2) is 5.76. The van der Waals surface area contributed by atoms with Crippen molar-refractivity contribution in [3.63, 3.8) is 0 Å². The Labute approximate surface area is 126 Å². The maximum Gasteiger partial charge on any atom is 0.0917 e. The number of hydrogen-bond donors (Lipinski definition) is 1. The van der Waals surface area contributed by atoms with Crippen molar-refractivity contribution in [3.8, 4) is 0 Å². The fourth-order valence-electron chi connectivity index (χ4n) is 2.96. The Bertz CT molecular complexity index is 623. The molecule has 2 aromatic carbocycles. The number of morpholine rings is 1. The molecule has 0 aliphatic carbocycles. The van der Waals surface area contributed by atoms with Crippen LogP contribution in [0.15, 0.2) is 42.5 Å². The van der Waals surface area contributed by atoms with Crippen molar-refractivity contribution in [1.82, 2.24) is 4.90 Å². The van der Waals surface area contributed by atoms with Crippen molar-refractivity contribution in [2.45, 2.75) is 25.5 Å². The van der Waals surface area contributed by atoms with Gasteiger partial charge in [-0.1, -0.05) is 36.4 Å². The standard InChI is InChI=1S/C18H23NO2/c1-18(2)13-21-10-9-19(18)12-17(20)16-8-7-14-5-3-4-6-15(14)11-16/h3-8,11,17,20H,9-10,12-13H2,1-2H3. The van der Waals surface area contributed by atoms with Gasteiger partial charge in [0.05, 0.1) is 19.3 Å². The number of aliphatic hydroxyl groups is 1. The van der Waals surface area contributed by atoms with E-state index in [-0.39, 0.29) is 5.54 Å². The van der Waals surface area contributed by atoms with Crippen LogP contribution in [0.2, 0.25) is 0 Å². The summed E-state index contributed by atoms with van der Waals surface area (Å²) in [6, 6.07) is 14.4. The third-order valence-electron chi connectivity index (χ3n) is 4.37. The van der Waals surface area contributed by atoms with Crippen LogP contribution >= 0.6 is 0 Å². The summed E-state index contributed by atoms with van der Waals surface area (Å²) in [6.45, 7) is 7.32. The Morgan fingerprint density at radius 1 is 1.19 bits per heavy atom. The summed E-state index contributed by atoms with van der Waals surface area (Å²) in [6.07, 6.45) is -0.466. The van der Waals surface area contributed by atoms with Gasteiger partial charge in [0.25, 0.3) is 0 Å². The van der Waals surface area contributed by atoms with E-state index < -0.39 is 6.10 Å². The van der Waals surface area contributed by atoms with Crippen LogP contribution in [0.4, 0.5) is 0 Å². The van der Waals surface area contributed by atoms with Crippen LogP contribution in [0.25, 0.3) is 10.8 Å². The molecule has 3 rings (SSSR count). The second-order valence-corrected chi connectivity index (χ2v) is 6.43. The lowest BCUT2D eigenvalue weighted by Gasteiger charge is -2.43. The first-order valence-electron chi connectivity index (χ1n) is 7.56. The quantitative estimate of drug-likeness (QED) is 0.941. The molecule has 0 bridgehead atoms. The van der Waals surface area contributed by atoms with Crippen LogP contribution in [0, 0.1) is 0 Å². The zero-order valence-corrected chi connectivity index (χ0v) is 12.7. The molecule has 21 heavy (non-hydrogen) atoms. The van der Waals surface area contributed by atoms with Gasteiger partial charge >= 0.3 is 0 Å². The van der Waals surface area contributed by atoms with Gasteiger partial charge in [0.15, 0.2) is 0 Å². The number of nitrogens with zero attached hydrogens (tertiary/aromatic N) is 1. The summed E-state index contributed by atoms with van der Waals surface area (Å²) in [5.74, 6) is 0. The summed E-state index contributed by atoms with van der Waals surface area (Å²) in [5, 5.41) is 13.0. The molecule has 1 atom stereocenters. The minimum atomic E-state index is -0.466. The molecule has 1 heterocycles. The lowest BCUT2D eigenvalue weighted by molar-refractivity contribution is -0.0667. The summed E-state index contributed by atoms with van der Waals surface area (Å²) in [7, 11) is 0. The first-order chi connectivity index (χ1) is 10.1. The van der Waals surface area contributed by atoms with E-state index in [0.29, 0.717) is 6.54 Å². The molecule has 1 fully saturated rings. The number of β-amino-alcohol motifs (C(OH)–C–C–N with tert-alkyl or cyclic N) is 1. The minimum absolute atomic E-state index is 0.0178. The summed E-state index contributed by atoms with van der Waals surface area (Å²) >= 11 is 0. The molecular weight excluding hydrogens is 262 g/mol. The van der Waals surface area contributed by atoms with E-state index in [9.17, 15) is 5.11 Å². The molecule has 1 saturated heterocycles. The zero-order valence-electron chi connectivity index (χ0n) is 12.7. The van der Waals surface area contributed by atoms with E-state index >= 15 is 0 Å². The predicted molar refractivity (Wildman–Crippen MR) is 85.4 cm³/mol. The van der Waals surface area contributed by atoms with Crippen molar-refractivity contribution >= 4 is 10.8 Å². The fraction of sp³-hybridized carbons (Fsp3) is 0.444. The SMILES string of the molecule is CC1(C)COCCN1CC(O)c1ccc2ccccc2c1. The van der Waals surface area contributed by atoms with E-state index in [1.165, 1.54) is 10.8 Å². The van der Waals surface area contributed by atoms with Gasteiger partial charge in [-0.15, -0.1) is 0 Å². The highest BCUT2D eigenvalue weighted by Crippen LogP contribution is 2.25. The third kappa shape index (κ3) is 3.10. The van der Waals surface area contributed by atoms with Crippen LogP contribution in [0.5, 0.6) is 0 Å². The molecule has 1 unspecified atom stereocenters. The molecule has 0 aromatic heterocycles. The molecule has 0 radical (unpaired) electrons. The molecule has 0 saturated carbocycles. The van der Waals surface area contributed by atoms with Gasteiger partial charge in [-0.25, -0.2) is 0 Å². The van der Waals surface area contributed by atoms with E-state index in [1.54, 1.807) is 0 Å². The Kier molecular flexibility index (Phi) is 3.98. The van der Waals surface area contributed by atoms with Crippen molar-refractivity contribution in [2.24, 2.45) is 0 Å². The average Bonchev–Trinajstić information content (AvgIpc) is 2.48. The van der Waals surface area contributed by atoms with Crippen molar-refractivity contribution in [1.29, 1.82) is 0 Å². The maximum absolute atomic E-state index is 10.6. The van der Waals surface area contributed by atoms with Crippen LogP contribution in [-0.4, -0.2) is 41.8 Å². The normalized spacial score (nSPS) is 20.5. The average molecular weight is 285 g/mol. The van der Waals surface area contributed by atoms with Gasteiger partial charge in [-0.2, -0.15) is 0 Å². The second-order valence-electron chi connectivity index (χ2n) is 6.43. The van der Waals surface area contributed by atoms with Gasteiger partial charge in [-0.05, 0) is 36.2 Å². The molecule has 0 amide bonds. The van der Waals surface area contributed by atoms with Crippen molar-refractivity contribution in [3.05, 3.63) is 48.0 Å². The Morgan fingerprint density at radius 2 is 1.95 bits per heavy atom. The van der Waals surface area contributed by atoms with E-state index in [4.69, 9.17) is 4.74 Å². The van der Waals surface area contributed by atoms with Gasteiger partial charge in [0.2, 0.25) is 0 Å². The largest absolute Gasteiger partial charge is 0.387 e. The smallest absolute Gasteiger partial charge is 0.0917 e. The van der Waals surface area contributed by atoms with Gasteiger partial charge in [0.1, 0.15) is 0 Å². The molecular formula is C18H23NO2.